The van der Waals surface area contributed by atoms with Gasteiger partial charge < -0.3 is 5.73 Å². The predicted molar refractivity (Wildman–Crippen MR) is 79.0 cm³/mol. The van der Waals surface area contributed by atoms with Crippen LogP contribution in [0.3, 0.4) is 0 Å². The number of rotatable bonds is 3. The van der Waals surface area contributed by atoms with Crippen molar-refractivity contribution in [1.29, 1.82) is 0 Å². The summed E-state index contributed by atoms with van der Waals surface area (Å²) in [6.45, 7) is 0. The van der Waals surface area contributed by atoms with Gasteiger partial charge in [-0.15, -0.1) is 11.8 Å². The summed E-state index contributed by atoms with van der Waals surface area (Å²) in [5, 5.41) is 0. The largest absolute Gasteiger partial charge is 0.383 e. The van der Waals surface area contributed by atoms with Crippen LogP contribution in [0.5, 0.6) is 0 Å². The molecule has 3 rings (SSSR count). The van der Waals surface area contributed by atoms with Crippen molar-refractivity contribution in [2.45, 2.75) is 36.3 Å². The fourth-order valence-corrected chi connectivity index (χ4v) is 3.17. The first kappa shape index (κ1) is 13.4. The number of halogens is 1. The van der Waals surface area contributed by atoms with Crippen molar-refractivity contribution in [3.05, 3.63) is 47.2 Å². The standard InChI is InChI=1S/C15H16FN3S/c16-10-5-7-11(8-6-10)20-9-14-18-13-4-2-1-3-12(13)15(17)19-14/h5-8H,1-4,9H2,(H2,17,18,19). The normalized spacial score (nSPS) is 14.1. The molecule has 20 heavy (non-hydrogen) atoms. The molecule has 1 aliphatic carbocycles. The predicted octanol–water partition coefficient (Wildman–Crippen LogP) is 3.37. The van der Waals surface area contributed by atoms with Crippen molar-refractivity contribution >= 4 is 17.6 Å². The van der Waals surface area contributed by atoms with Crippen LogP contribution in [0.15, 0.2) is 29.2 Å². The van der Waals surface area contributed by atoms with E-state index in [9.17, 15) is 4.39 Å². The number of anilines is 1. The van der Waals surface area contributed by atoms with Crippen LogP contribution in [0.2, 0.25) is 0 Å². The summed E-state index contributed by atoms with van der Waals surface area (Å²) < 4.78 is 12.8. The number of nitrogens with two attached hydrogens (primary N) is 1. The Bertz CT molecular complexity index is 613. The summed E-state index contributed by atoms with van der Waals surface area (Å²) in [5.41, 5.74) is 8.26. The second-order valence-corrected chi connectivity index (χ2v) is 5.95. The van der Waals surface area contributed by atoms with E-state index in [2.05, 4.69) is 9.97 Å². The number of fused-ring (bicyclic) bond motifs is 1. The van der Waals surface area contributed by atoms with E-state index >= 15 is 0 Å². The lowest BCUT2D eigenvalue weighted by Crippen LogP contribution is -2.12. The molecule has 0 aliphatic heterocycles. The highest BCUT2D eigenvalue weighted by molar-refractivity contribution is 7.98. The van der Waals surface area contributed by atoms with E-state index in [1.54, 1.807) is 23.9 Å². The molecule has 0 unspecified atom stereocenters. The molecule has 0 fully saturated rings. The number of nitrogen functional groups attached to an aromatic ring is 1. The minimum Gasteiger partial charge on any atom is -0.383 e. The molecular formula is C15H16FN3S. The molecule has 1 heterocycles. The Kier molecular flexibility index (Phi) is 3.87. The summed E-state index contributed by atoms with van der Waals surface area (Å²) in [6, 6.07) is 6.46. The molecule has 1 aromatic carbocycles. The fraction of sp³-hybridized carbons (Fsp3) is 0.333. The summed E-state index contributed by atoms with van der Waals surface area (Å²) in [6.07, 6.45) is 4.33. The first-order chi connectivity index (χ1) is 9.72. The van der Waals surface area contributed by atoms with Crippen molar-refractivity contribution < 1.29 is 4.39 Å². The number of aryl methyl sites for hydroxylation is 1. The lowest BCUT2D eigenvalue weighted by Gasteiger charge is -2.17. The van der Waals surface area contributed by atoms with Gasteiger partial charge >= 0.3 is 0 Å². The van der Waals surface area contributed by atoms with Crippen LogP contribution < -0.4 is 5.73 Å². The lowest BCUT2D eigenvalue weighted by atomic mass is 9.96. The highest BCUT2D eigenvalue weighted by Crippen LogP contribution is 2.26. The summed E-state index contributed by atoms with van der Waals surface area (Å²) in [7, 11) is 0. The number of benzene rings is 1. The molecule has 0 spiro atoms. The van der Waals surface area contributed by atoms with Crippen molar-refractivity contribution in [2.75, 3.05) is 5.73 Å². The average Bonchev–Trinajstić information content (AvgIpc) is 2.47. The topological polar surface area (TPSA) is 51.8 Å². The fourth-order valence-electron chi connectivity index (χ4n) is 2.42. The first-order valence-corrected chi connectivity index (χ1v) is 7.73. The molecule has 1 aliphatic rings. The number of hydrogen-bond donors (Lipinski definition) is 1. The van der Waals surface area contributed by atoms with Gasteiger partial charge in [0.2, 0.25) is 0 Å². The Balaban J connectivity index is 1.74. The molecule has 1 aromatic heterocycles. The monoisotopic (exact) mass is 289 g/mol. The van der Waals surface area contributed by atoms with Gasteiger partial charge in [-0.1, -0.05) is 0 Å². The van der Waals surface area contributed by atoms with Gasteiger partial charge in [-0.2, -0.15) is 0 Å². The van der Waals surface area contributed by atoms with Gasteiger partial charge in [0.1, 0.15) is 17.5 Å². The molecule has 0 atom stereocenters. The zero-order valence-corrected chi connectivity index (χ0v) is 11.9. The molecule has 5 heteroatoms. The van der Waals surface area contributed by atoms with Crippen molar-refractivity contribution in [3.63, 3.8) is 0 Å². The Morgan fingerprint density at radius 1 is 1.10 bits per heavy atom. The summed E-state index contributed by atoms with van der Waals surface area (Å²) in [5.74, 6) is 1.83. The molecule has 0 radical (unpaired) electrons. The molecule has 3 nitrogen and oxygen atoms in total. The van der Waals surface area contributed by atoms with E-state index in [1.165, 1.54) is 25.0 Å². The van der Waals surface area contributed by atoms with Crippen LogP contribution in [0, 0.1) is 5.82 Å². The highest BCUT2D eigenvalue weighted by atomic mass is 32.2. The van der Waals surface area contributed by atoms with Crippen LogP contribution in [0.1, 0.15) is 29.9 Å². The van der Waals surface area contributed by atoms with Crippen molar-refractivity contribution in [2.24, 2.45) is 0 Å². The third-order valence-corrected chi connectivity index (χ3v) is 4.45. The van der Waals surface area contributed by atoms with E-state index in [1.807, 2.05) is 0 Å². The SMILES string of the molecule is Nc1nc(CSc2ccc(F)cc2)nc2c1CCCC2. The third kappa shape index (κ3) is 2.93. The van der Waals surface area contributed by atoms with Crippen LogP contribution in [-0.2, 0) is 18.6 Å². The van der Waals surface area contributed by atoms with Gasteiger partial charge in [0.05, 0.1) is 5.75 Å². The minimum atomic E-state index is -0.219. The number of nitrogens with zero attached hydrogens (tertiary/aromatic N) is 2. The number of hydrogen-bond acceptors (Lipinski definition) is 4. The highest BCUT2D eigenvalue weighted by Gasteiger charge is 2.16. The van der Waals surface area contributed by atoms with E-state index in [4.69, 9.17) is 5.73 Å². The Labute approximate surface area is 121 Å². The summed E-state index contributed by atoms with van der Waals surface area (Å²) >= 11 is 1.59. The molecule has 2 N–H and O–H groups in total. The summed E-state index contributed by atoms with van der Waals surface area (Å²) in [4.78, 5) is 10.0. The zero-order chi connectivity index (χ0) is 13.9. The third-order valence-electron chi connectivity index (χ3n) is 3.44. The smallest absolute Gasteiger partial charge is 0.141 e. The second-order valence-electron chi connectivity index (χ2n) is 4.90. The van der Waals surface area contributed by atoms with E-state index in [-0.39, 0.29) is 5.82 Å². The Morgan fingerprint density at radius 2 is 1.85 bits per heavy atom. The van der Waals surface area contributed by atoms with Crippen LogP contribution in [-0.4, -0.2) is 9.97 Å². The maximum absolute atomic E-state index is 12.8. The number of aromatic nitrogens is 2. The second kappa shape index (κ2) is 5.79. The molecule has 0 saturated heterocycles. The molecule has 0 saturated carbocycles. The number of thioether (sulfide) groups is 1. The van der Waals surface area contributed by atoms with Crippen LogP contribution in [0.25, 0.3) is 0 Å². The van der Waals surface area contributed by atoms with Gasteiger partial charge in [0.15, 0.2) is 0 Å². The first-order valence-electron chi connectivity index (χ1n) is 6.75. The molecular weight excluding hydrogens is 273 g/mol. The average molecular weight is 289 g/mol. The van der Waals surface area contributed by atoms with Crippen molar-refractivity contribution in [3.8, 4) is 0 Å². The van der Waals surface area contributed by atoms with E-state index in [0.29, 0.717) is 11.6 Å². The van der Waals surface area contributed by atoms with Crippen LogP contribution >= 0.6 is 11.8 Å². The molecule has 0 amide bonds. The maximum atomic E-state index is 12.8. The van der Waals surface area contributed by atoms with Gasteiger partial charge in [-0.3, -0.25) is 0 Å². The molecule has 0 bridgehead atoms. The van der Waals surface area contributed by atoms with Gasteiger partial charge in [-0.05, 0) is 49.9 Å². The Hall–Kier alpha value is -1.62. The Morgan fingerprint density at radius 3 is 2.65 bits per heavy atom. The minimum absolute atomic E-state index is 0.219. The van der Waals surface area contributed by atoms with Crippen LogP contribution in [0.4, 0.5) is 10.2 Å². The van der Waals surface area contributed by atoms with Gasteiger partial charge in [-0.25, -0.2) is 14.4 Å². The van der Waals surface area contributed by atoms with E-state index in [0.717, 1.165) is 34.8 Å². The lowest BCUT2D eigenvalue weighted by molar-refractivity contribution is 0.626. The van der Waals surface area contributed by atoms with Gasteiger partial charge in [0.25, 0.3) is 0 Å². The maximum Gasteiger partial charge on any atom is 0.141 e. The molecule has 2 aromatic rings. The zero-order valence-electron chi connectivity index (χ0n) is 11.1. The molecule has 104 valence electrons. The van der Waals surface area contributed by atoms with Crippen molar-refractivity contribution in [1.82, 2.24) is 9.97 Å². The van der Waals surface area contributed by atoms with E-state index < -0.39 is 0 Å². The van der Waals surface area contributed by atoms with Gasteiger partial charge in [0, 0.05) is 16.2 Å². The quantitative estimate of drug-likeness (QED) is 0.880.